The molecule has 9 heteroatoms. The summed E-state index contributed by atoms with van der Waals surface area (Å²) in [5, 5.41) is -0.301. The largest absolute Gasteiger partial charge is 0.434 e. The average molecular weight is 478 g/mol. The van der Waals surface area contributed by atoms with E-state index in [1.807, 2.05) is 0 Å². The van der Waals surface area contributed by atoms with Crippen molar-refractivity contribution in [2.24, 2.45) is 23.2 Å². The second kappa shape index (κ2) is 7.86. The second-order valence-electron chi connectivity index (χ2n) is 11.2. The Labute approximate surface area is 195 Å². The third-order valence-corrected chi connectivity index (χ3v) is 8.83. The van der Waals surface area contributed by atoms with Crippen LogP contribution in [0.4, 0.5) is 13.2 Å². The predicted molar refractivity (Wildman–Crippen MR) is 119 cm³/mol. The molecule has 5 aliphatic rings. The normalized spacial score (nSPS) is 31.5. The molecule has 4 bridgehead atoms. The van der Waals surface area contributed by atoms with Crippen LogP contribution in [0.1, 0.15) is 61.1 Å². The molecule has 1 aliphatic heterocycles. The van der Waals surface area contributed by atoms with E-state index < -0.39 is 23.2 Å². The number of aromatic nitrogens is 1. The van der Waals surface area contributed by atoms with Crippen LogP contribution in [-0.4, -0.2) is 53.4 Å². The molecule has 0 spiro atoms. The summed E-state index contributed by atoms with van der Waals surface area (Å²) in [4.78, 5) is 30.9. The second-order valence-corrected chi connectivity index (χ2v) is 11.2. The standard InChI is InChI=1S/C25H30F3N3O3/c26-25(27,28)19-11-21(32)29-22-18(19)10-20(34-22)23(33)31-5-3-30(4-6-31)2-1-24-12-15-7-16(13-24)9-17(8-15)14-24/h10-11,15-17H,1-9,12-14H2,(H,29,32). The molecule has 7 rings (SSSR count). The molecule has 0 aromatic carbocycles. The van der Waals surface area contributed by atoms with Gasteiger partial charge in [0, 0.05) is 32.2 Å². The molecule has 0 atom stereocenters. The SMILES string of the molecule is O=C(c1cc2c(C(F)(F)F)cc(=O)[nH]c2o1)N1CCN(CCC23CC4CC(CC(C4)C2)C3)CC1. The summed E-state index contributed by atoms with van der Waals surface area (Å²) in [6.45, 7) is 3.58. The number of alkyl halides is 3. The minimum Gasteiger partial charge on any atom is -0.434 e. The van der Waals surface area contributed by atoms with Crippen LogP contribution >= 0.6 is 0 Å². The van der Waals surface area contributed by atoms with Crippen LogP contribution in [0, 0.1) is 23.2 Å². The monoisotopic (exact) mass is 477 g/mol. The molecule has 3 heterocycles. The van der Waals surface area contributed by atoms with E-state index in [0.717, 1.165) is 43.5 Å². The highest BCUT2D eigenvalue weighted by Gasteiger charge is 2.50. The molecule has 5 fully saturated rings. The summed E-state index contributed by atoms with van der Waals surface area (Å²) in [6.07, 6.45) is 5.05. The minimum absolute atomic E-state index is 0.177. The number of carbonyl (C=O) groups excluding carboxylic acids is 1. The molecule has 0 radical (unpaired) electrons. The molecule has 4 aliphatic carbocycles. The number of hydrogen-bond donors (Lipinski definition) is 1. The van der Waals surface area contributed by atoms with E-state index >= 15 is 0 Å². The van der Waals surface area contributed by atoms with Gasteiger partial charge in [-0.15, -0.1) is 0 Å². The lowest BCUT2D eigenvalue weighted by Crippen LogP contribution is -2.51. The van der Waals surface area contributed by atoms with E-state index in [-0.39, 0.29) is 16.9 Å². The van der Waals surface area contributed by atoms with E-state index in [1.165, 1.54) is 44.9 Å². The number of pyridine rings is 1. The molecule has 1 saturated heterocycles. The van der Waals surface area contributed by atoms with Gasteiger partial charge in [0.2, 0.25) is 5.71 Å². The number of hydrogen-bond acceptors (Lipinski definition) is 4. The van der Waals surface area contributed by atoms with Crippen LogP contribution < -0.4 is 5.56 Å². The van der Waals surface area contributed by atoms with Gasteiger partial charge in [-0.25, -0.2) is 0 Å². The molecule has 4 saturated carbocycles. The highest BCUT2D eigenvalue weighted by Crippen LogP contribution is 2.61. The zero-order valence-electron chi connectivity index (χ0n) is 19.1. The molecule has 184 valence electrons. The Kier molecular flexibility index (Phi) is 5.13. The molecular formula is C25H30F3N3O3. The maximum atomic E-state index is 13.3. The molecule has 1 amide bonds. The number of piperazine rings is 1. The number of fused-ring (bicyclic) bond motifs is 1. The predicted octanol–water partition coefficient (Wildman–Crippen LogP) is 4.50. The quantitative estimate of drug-likeness (QED) is 0.704. The van der Waals surface area contributed by atoms with Gasteiger partial charge < -0.3 is 9.32 Å². The Morgan fingerprint density at radius 2 is 1.65 bits per heavy atom. The van der Waals surface area contributed by atoms with Crippen molar-refractivity contribution in [1.82, 2.24) is 14.8 Å². The van der Waals surface area contributed by atoms with Gasteiger partial charge in [0.05, 0.1) is 10.9 Å². The maximum absolute atomic E-state index is 13.3. The fourth-order valence-electron chi connectivity index (χ4n) is 7.70. The number of nitrogens with zero attached hydrogens (tertiary/aromatic N) is 2. The van der Waals surface area contributed by atoms with Crippen LogP contribution in [0.5, 0.6) is 0 Å². The van der Waals surface area contributed by atoms with Crippen molar-refractivity contribution < 1.29 is 22.4 Å². The first-order valence-corrected chi connectivity index (χ1v) is 12.4. The van der Waals surface area contributed by atoms with Crippen LogP contribution in [0.2, 0.25) is 0 Å². The van der Waals surface area contributed by atoms with Crippen molar-refractivity contribution in [1.29, 1.82) is 0 Å². The maximum Gasteiger partial charge on any atom is 0.417 e. The number of amides is 1. The van der Waals surface area contributed by atoms with E-state index in [1.54, 1.807) is 4.90 Å². The third-order valence-electron chi connectivity index (χ3n) is 8.83. The Bertz CT molecular complexity index is 1120. The van der Waals surface area contributed by atoms with Gasteiger partial charge in [-0.2, -0.15) is 13.2 Å². The zero-order chi connectivity index (χ0) is 23.7. The third kappa shape index (κ3) is 3.95. The van der Waals surface area contributed by atoms with Crippen molar-refractivity contribution >= 4 is 17.0 Å². The van der Waals surface area contributed by atoms with Crippen molar-refractivity contribution in [2.75, 3.05) is 32.7 Å². The van der Waals surface area contributed by atoms with Gasteiger partial charge >= 0.3 is 6.18 Å². The molecule has 34 heavy (non-hydrogen) atoms. The van der Waals surface area contributed by atoms with Gasteiger partial charge in [-0.1, -0.05) is 0 Å². The molecule has 1 N–H and O–H groups in total. The Morgan fingerprint density at radius 3 is 2.24 bits per heavy atom. The number of carbonyl (C=O) groups is 1. The average Bonchev–Trinajstić information content (AvgIpc) is 3.19. The number of halogens is 3. The number of aromatic amines is 1. The van der Waals surface area contributed by atoms with Crippen molar-refractivity contribution in [3.8, 4) is 0 Å². The first kappa shape index (κ1) is 22.2. The van der Waals surface area contributed by atoms with Crippen molar-refractivity contribution in [3.63, 3.8) is 0 Å². The van der Waals surface area contributed by atoms with Gasteiger partial charge in [0.1, 0.15) is 0 Å². The molecule has 2 aromatic rings. The fourth-order valence-corrected chi connectivity index (χ4v) is 7.70. The summed E-state index contributed by atoms with van der Waals surface area (Å²) < 4.78 is 45.3. The summed E-state index contributed by atoms with van der Waals surface area (Å²) in [5.41, 5.74) is -1.80. The summed E-state index contributed by atoms with van der Waals surface area (Å²) >= 11 is 0. The lowest BCUT2D eigenvalue weighted by molar-refractivity contribution is -0.136. The molecular weight excluding hydrogens is 447 g/mol. The molecule has 0 unspecified atom stereocenters. The topological polar surface area (TPSA) is 69.5 Å². The molecule has 6 nitrogen and oxygen atoms in total. The van der Waals surface area contributed by atoms with Crippen LogP contribution in [0.25, 0.3) is 11.1 Å². The van der Waals surface area contributed by atoms with Crippen LogP contribution in [-0.2, 0) is 6.18 Å². The lowest BCUT2D eigenvalue weighted by atomic mass is 9.49. The van der Waals surface area contributed by atoms with Crippen molar-refractivity contribution in [2.45, 2.75) is 51.1 Å². The summed E-state index contributed by atoms with van der Waals surface area (Å²) in [6, 6.07) is 1.59. The zero-order valence-corrected chi connectivity index (χ0v) is 19.1. The fraction of sp³-hybridized carbons (Fsp3) is 0.680. The Balaban J connectivity index is 1.09. The Morgan fingerprint density at radius 1 is 1.03 bits per heavy atom. The van der Waals surface area contributed by atoms with E-state index in [2.05, 4.69) is 9.88 Å². The smallest absolute Gasteiger partial charge is 0.417 e. The number of H-pyrrole nitrogens is 1. The van der Waals surface area contributed by atoms with E-state index in [0.29, 0.717) is 24.6 Å². The van der Waals surface area contributed by atoms with Gasteiger partial charge in [-0.05, 0) is 80.7 Å². The highest BCUT2D eigenvalue weighted by atomic mass is 19.4. The number of nitrogens with one attached hydrogen (secondary N) is 1. The first-order valence-electron chi connectivity index (χ1n) is 12.4. The van der Waals surface area contributed by atoms with Crippen LogP contribution in [0.15, 0.2) is 21.3 Å². The number of furan rings is 1. The molecule has 2 aromatic heterocycles. The number of rotatable bonds is 4. The van der Waals surface area contributed by atoms with Gasteiger partial charge in [0.15, 0.2) is 5.76 Å². The van der Waals surface area contributed by atoms with Gasteiger partial charge in [-0.3, -0.25) is 19.5 Å². The minimum atomic E-state index is -4.71. The van der Waals surface area contributed by atoms with Crippen molar-refractivity contribution in [3.05, 3.63) is 33.8 Å². The Hall–Kier alpha value is -2.29. The first-order chi connectivity index (χ1) is 16.2. The summed E-state index contributed by atoms with van der Waals surface area (Å²) in [5.74, 6) is 2.21. The highest BCUT2D eigenvalue weighted by molar-refractivity contribution is 5.96. The lowest BCUT2D eigenvalue weighted by Gasteiger charge is -2.57. The van der Waals surface area contributed by atoms with E-state index in [4.69, 9.17) is 4.42 Å². The van der Waals surface area contributed by atoms with Crippen LogP contribution in [0.3, 0.4) is 0 Å². The van der Waals surface area contributed by atoms with Gasteiger partial charge in [0.25, 0.3) is 11.5 Å². The summed E-state index contributed by atoms with van der Waals surface area (Å²) in [7, 11) is 0. The van der Waals surface area contributed by atoms with E-state index in [9.17, 15) is 22.8 Å².